The normalized spacial score (nSPS) is 15.4. The standard InChI is InChI=1S/C22H20Cl3N3/c23-16-3-1-4-17(13-16)28-18(7-8-19-20(24)5-2-6-21(19)25)14-22(27-28)15-9-11-26-12-10-15/h1-8,13-15,26H,9-12H2/b8-7-. The average Bonchev–Trinajstić information content (AvgIpc) is 3.13. The molecule has 4 rings (SSSR count). The molecule has 3 aromatic rings. The summed E-state index contributed by atoms with van der Waals surface area (Å²) >= 11 is 18.9. The molecular weight excluding hydrogens is 413 g/mol. The molecule has 1 saturated heterocycles. The van der Waals surface area contributed by atoms with E-state index in [2.05, 4.69) is 11.4 Å². The zero-order valence-corrected chi connectivity index (χ0v) is 17.5. The molecule has 1 fully saturated rings. The Morgan fingerprint density at radius 1 is 0.929 bits per heavy atom. The van der Waals surface area contributed by atoms with Crippen LogP contribution < -0.4 is 5.32 Å². The Balaban J connectivity index is 1.76. The first kappa shape index (κ1) is 19.5. The number of rotatable bonds is 4. The van der Waals surface area contributed by atoms with Gasteiger partial charge in [0.05, 0.1) is 17.1 Å². The number of piperidine rings is 1. The Morgan fingerprint density at radius 2 is 1.64 bits per heavy atom. The van der Waals surface area contributed by atoms with Crippen LogP contribution in [0.2, 0.25) is 15.1 Å². The molecule has 0 bridgehead atoms. The molecule has 1 aliphatic rings. The lowest BCUT2D eigenvalue weighted by molar-refractivity contribution is 0.451. The summed E-state index contributed by atoms with van der Waals surface area (Å²) in [5.41, 5.74) is 3.80. The van der Waals surface area contributed by atoms with E-state index in [1.165, 1.54) is 0 Å². The summed E-state index contributed by atoms with van der Waals surface area (Å²) in [5.74, 6) is 0.456. The van der Waals surface area contributed by atoms with Crippen molar-refractivity contribution in [2.24, 2.45) is 0 Å². The molecule has 1 N–H and O–H groups in total. The largest absolute Gasteiger partial charge is 0.317 e. The van der Waals surface area contributed by atoms with Gasteiger partial charge in [0, 0.05) is 26.5 Å². The molecule has 0 unspecified atom stereocenters. The summed E-state index contributed by atoms with van der Waals surface area (Å²) in [7, 11) is 0. The van der Waals surface area contributed by atoms with Crippen molar-refractivity contribution in [3.05, 3.63) is 80.6 Å². The van der Waals surface area contributed by atoms with Gasteiger partial charge in [-0.05, 0) is 74.5 Å². The van der Waals surface area contributed by atoms with E-state index in [0.717, 1.165) is 48.6 Å². The van der Waals surface area contributed by atoms with Crippen LogP contribution >= 0.6 is 34.8 Å². The maximum Gasteiger partial charge on any atom is 0.0671 e. The minimum Gasteiger partial charge on any atom is -0.317 e. The first-order chi connectivity index (χ1) is 13.6. The zero-order valence-electron chi connectivity index (χ0n) is 15.2. The molecular formula is C22H20Cl3N3. The average molecular weight is 433 g/mol. The Bertz CT molecular complexity index is 984. The second kappa shape index (κ2) is 8.71. The monoisotopic (exact) mass is 431 g/mol. The van der Waals surface area contributed by atoms with Crippen LogP contribution in [0.1, 0.15) is 35.7 Å². The number of halogens is 3. The van der Waals surface area contributed by atoms with Gasteiger partial charge in [0.15, 0.2) is 0 Å². The summed E-state index contributed by atoms with van der Waals surface area (Å²) in [6.45, 7) is 2.05. The highest BCUT2D eigenvalue weighted by atomic mass is 35.5. The molecule has 0 atom stereocenters. The fourth-order valence-electron chi connectivity index (χ4n) is 3.50. The molecule has 3 nitrogen and oxygen atoms in total. The molecule has 0 amide bonds. The van der Waals surface area contributed by atoms with Gasteiger partial charge in [-0.25, -0.2) is 4.68 Å². The molecule has 0 saturated carbocycles. The summed E-state index contributed by atoms with van der Waals surface area (Å²) < 4.78 is 1.94. The molecule has 6 heteroatoms. The van der Waals surface area contributed by atoms with Crippen LogP contribution in [0, 0.1) is 0 Å². The highest BCUT2D eigenvalue weighted by molar-refractivity contribution is 6.37. The second-order valence-electron chi connectivity index (χ2n) is 6.88. The zero-order chi connectivity index (χ0) is 19.5. The van der Waals surface area contributed by atoms with Gasteiger partial charge in [-0.3, -0.25) is 0 Å². The van der Waals surface area contributed by atoms with Crippen molar-refractivity contribution < 1.29 is 0 Å². The fourth-order valence-corrected chi connectivity index (χ4v) is 4.21. The lowest BCUT2D eigenvalue weighted by Gasteiger charge is -2.20. The van der Waals surface area contributed by atoms with E-state index >= 15 is 0 Å². The first-order valence-corrected chi connectivity index (χ1v) is 10.4. The Hall–Kier alpha value is -1.78. The Labute approximate surface area is 179 Å². The molecule has 0 spiro atoms. The molecule has 1 aromatic heterocycles. The van der Waals surface area contributed by atoms with E-state index in [1.807, 2.05) is 59.3 Å². The van der Waals surface area contributed by atoms with E-state index in [0.29, 0.717) is 21.0 Å². The van der Waals surface area contributed by atoms with Crippen molar-refractivity contribution in [2.45, 2.75) is 18.8 Å². The minimum atomic E-state index is 0.456. The fraction of sp³-hybridized carbons (Fsp3) is 0.227. The number of benzene rings is 2. The van der Waals surface area contributed by atoms with E-state index in [-0.39, 0.29) is 0 Å². The molecule has 2 aromatic carbocycles. The van der Waals surface area contributed by atoms with Gasteiger partial charge in [-0.15, -0.1) is 0 Å². The SMILES string of the molecule is Clc1cccc(-n2nc(C3CCNCC3)cc2/C=C\c2c(Cl)cccc2Cl)c1. The number of aromatic nitrogens is 2. The third kappa shape index (κ3) is 4.28. The Morgan fingerprint density at radius 3 is 2.36 bits per heavy atom. The predicted octanol–water partition coefficient (Wildman–Crippen LogP) is 6.47. The van der Waals surface area contributed by atoms with E-state index in [9.17, 15) is 0 Å². The second-order valence-corrected chi connectivity index (χ2v) is 8.13. The van der Waals surface area contributed by atoms with E-state index in [4.69, 9.17) is 39.9 Å². The molecule has 0 radical (unpaired) electrons. The van der Waals surface area contributed by atoms with Crippen molar-refractivity contribution in [3.63, 3.8) is 0 Å². The van der Waals surface area contributed by atoms with Gasteiger partial charge in [0.2, 0.25) is 0 Å². The van der Waals surface area contributed by atoms with Gasteiger partial charge in [0.25, 0.3) is 0 Å². The predicted molar refractivity (Wildman–Crippen MR) is 119 cm³/mol. The molecule has 28 heavy (non-hydrogen) atoms. The molecule has 144 valence electrons. The smallest absolute Gasteiger partial charge is 0.0671 e. The van der Waals surface area contributed by atoms with Crippen LogP contribution in [0.5, 0.6) is 0 Å². The highest BCUT2D eigenvalue weighted by Gasteiger charge is 2.20. The summed E-state index contributed by atoms with van der Waals surface area (Å²) in [4.78, 5) is 0. The molecule has 1 aliphatic heterocycles. The Kier molecular flexibility index (Phi) is 6.07. The summed E-state index contributed by atoms with van der Waals surface area (Å²) in [5, 5.41) is 10.2. The highest BCUT2D eigenvalue weighted by Crippen LogP contribution is 2.29. The number of nitrogens with one attached hydrogen (secondary N) is 1. The third-order valence-electron chi connectivity index (χ3n) is 4.99. The molecule has 0 aliphatic carbocycles. The number of hydrogen-bond acceptors (Lipinski definition) is 2. The van der Waals surface area contributed by atoms with Crippen LogP contribution in [-0.2, 0) is 0 Å². The van der Waals surface area contributed by atoms with Gasteiger partial charge >= 0.3 is 0 Å². The quantitative estimate of drug-likeness (QED) is 0.512. The maximum atomic E-state index is 6.32. The van der Waals surface area contributed by atoms with Gasteiger partial charge in [0.1, 0.15) is 0 Å². The maximum absolute atomic E-state index is 6.32. The van der Waals surface area contributed by atoms with Crippen molar-refractivity contribution in [3.8, 4) is 5.69 Å². The number of hydrogen-bond donors (Lipinski definition) is 1. The van der Waals surface area contributed by atoms with Crippen molar-refractivity contribution in [2.75, 3.05) is 13.1 Å². The van der Waals surface area contributed by atoms with Gasteiger partial charge in [-0.1, -0.05) is 46.9 Å². The van der Waals surface area contributed by atoms with Gasteiger partial charge in [-0.2, -0.15) is 5.10 Å². The van der Waals surface area contributed by atoms with Crippen LogP contribution in [0.15, 0.2) is 48.5 Å². The first-order valence-electron chi connectivity index (χ1n) is 9.30. The van der Waals surface area contributed by atoms with Crippen LogP contribution in [0.25, 0.3) is 17.8 Å². The van der Waals surface area contributed by atoms with Crippen molar-refractivity contribution >= 4 is 47.0 Å². The van der Waals surface area contributed by atoms with Crippen molar-refractivity contribution in [1.29, 1.82) is 0 Å². The minimum absolute atomic E-state index is 0.456. The van der Waals surface area contributed by atoms with E-state index in [1.54, 1.807) is 0 Å². The van der Waals surface area contributed by atoms with Crippen LogP contribution in [0.3, 0.4) is 0 Å². The summed E-state index contributed by atoms with van der Waals surface area (Å²) in [6, 6.07) is 15.4. The topological polar surface area (TPSA) is 29.9 Å². The lowest BCUT2D eigenvalue weighted by Crippen LogP contribution is -2.26. The van der Waals surface area contributed by atoms with E-state index < -0.39 is 0 Å². The van der Waals surface area contributed by atoms with Crippen LogP contribution in [-0.4, -0.2) is 22.9 Å². The summed E-state index contributed by atoms with van der Waals surface area (Å²) in [6.07, 6.45) is 6.12. The van der Waals surface area contributed by atoms with Gasteiger partial charge < -0.3 is 5.32 Å². The lowest BCUT2D eigenvalue weighted by atomic mass is 9.94. The third-order valence-corrected chi connectivity index (χ3v) is 5.88. The van der Waals surface area contributed by atoms with Crippen LogP contribution in [0.4, 0.5) is 0 Å². The van der Waals surface area contributed by atoms with Crippen molar-refractivity contribution in [1.82, 2.24) is 15.1 Å². The number of nitrogens with zero attached hydrogens (tertiary/aromatic N) is 2. The molecule has 2 heterocycles.